The maximum Gasteiger partial charge on any atom is 0.251 e. The minimum atomic E-state index is -0.214. The molecule has 1 fully saturated rings. The van der Waals surface area contributed by atoms with Crippen molar-refractivity contribution in [1.82, 2.24) is 15.3 Å². The summed E-state index contributed by atoms with van der Waals surface area (Å²) in [6, 6.07) is 5.36. The molecule has 1 heterocycles. The Morgan fingerprint density at radius 1 is 1.50 bits per heavy atom. The van der Waals surface area contributed by atoms with Crippen molar-refractivity contribution in [3.8, 4) is 0 Å². The minimum absolute atomic E-state index is 0.0985. The molecule has 0 aliphatic heterocycles. The Kier molecular flexibility index (Phi) is 4.13. The third-order valence-corrected chi connectivity index (χ3v) is 4.42. The van der Waals surface area contributed by atoms with E-state index in [0.717, 1.165) is 30.3 Å². The number of hydrogen-bond acceptors (Lipinski definition) is 4. The molecule has 0 bridgehead atoms. The highest BCUT2D eigenvalue weighted by atomic mass is 16.3. The Balaban J connectivity index is 1.73. The molecule has 0 unspecified atom stereocenters. The lowest BCUT2D eigenvalue weighted by molar-refractivity contribution is 0.0232. The Morgan fingerprint density at radius 3 is 2.91 bits per heavy atom. The van der Waals surface area contributed by atoms with Gasteiger partial charge in [-0.15, -0.1) is 0 Å². The summed E-state index contributed by atoms with van der Waals surface area (Å²) in [6.45, 7) is 1.89. The molecule has 1 aliphatic carbocycles. The van der Waals surface area contributed by atoms with E-state index in [1.54, 1.807) is 18.2 Å². The van der Waals surface area contributed by atoms with Gasteiger partial charge in [0.15, 0.2) is 0 Å². The molecule has 4 N–H and O–H groups in total. The first-order valence-electron chi connectivity index (χ1n) is 7.69. The molecule has 1 aliphatic rings. The van der Waals surface area contributed by atoms with Crippen LogP contribution < -0.4 is 5.32 Å². The van der Waals surface area contributed by atoms with Gasteiger partial charge in [-0.25, -0.2) is 4.98 Å². The average molecular weight is 303 g/mol. The van der Waals surface area contributed by atoms with Crippen molar-refractivity contribution < 1.29 is 15.0 Å². The molecular weight excluding hydrogens is 282 g/mol. The number of aromatic amines is 1. The van der Waals surface area contributed by atoms with E-state index in [-0.39, 0.29) is 24.7 Å². The van der Waals surface area contributed by atoms with E-state index in [1.807, 2.05) is 6.92 Å². The number of hydrogen-bond donors (Lipinski definition) is 4. The van der Waals surface area contributed by atoms with Crippen molar-refractivity contribution >= 4 is 16.9 Å². The van der Waals surface area contributed by atoms with Crippen LogP contribution in [0.25, 0.3) is 11.0 Å². The fourth-order valence-corrected chi connectivity index (χ4v) is 3.04. The van der Waals surface area contributed by atoms with Gasteiger partial charge < -0.3 is 20.5 Å². The second-order valence-electron chi connectivity index (χ2n) is 5.95. The molecular formula is C16H21N3O3. The van der Waals surface area contributed by atoms with Gasteiger partial charge in [-0.2, -0.15) is 0 Å². The van der Waals surface area contributed by atoms with E-state index >= 15 is 0 Å². The molecule has 1 aromatic heterocycles. The molecule has 3 rings (SSSR count). The number of amides is 1. The summed E-state index contributed by atoms with van der Waals surface area (Å²) < 4.78 is 0. The van der Waals surface area contributed by atoms with Gasteiger partial charge in [0.2, 0.25) is 0 Å². The minimum Gasteiger partial charge on any atom is -0.393 e. The maximum atomic E-state index is 12.4. The Morgan fingerprint density at radius 2 is 2.27 bits per heavy atom. The average Bonchev–Trinajstić information content (AvgIpc) is 2.91. The molecule has 1 aromatic carbocycles. The lowest BCUT2D eigenvalue weighted by Gasteiger charge is -2.37. The molecule has 0 spiro atoms. The number of benzene rings is 1. The van der Waals surface area contributed by atoms with Gasteiger partial charge >= 0.3 is 0 Å². The van der Waals surface area contributed by atoms with E-state index < -0.39 is 0 Å². The van der Waals surface area contributed by atoms with E-state index in [4.69, 9.17) is 5.11 Å². The Labute approximate surface area is 128 Å². The molecule has 22 heavy (non-hydrogen) atoms. The van der Waals surface area contributed by atoms with Gasteiger partial charge in [0.1, 0.15) is 12.4 Å². The summed E-state index contributed by atoms with van der Waals surface area (Å²) in [5.74, 6) is 0.735. The standard InChI is InChI=1S/C16H21N3O3/c1-2-12(10-5-11(21)6-10)19-16(22)9-3-4-13-14(7-9)18-15(8-20)17-13/h3-4,7,10-12,20-21H,2,5-6,8H2,1H3,(H,17,18)(H,19,22)/t10?,11?,12-/m0/s1. The first-order valence-corrected chi connectivity index (χ1v) is 7.69. The third-order valence-electron chi connectivity index (χ3n) is 4.42. The monoisotopic (exact) mass is 303 g/mol. The van der Waals surface area contributed by atoms with Crippen molar-refractivity contribution in [3.63, 3.8) is 0 Å². The van der Waals surface area contributed by atoms with Gasteiger partial charge in [0.25, 0.3) is 5.91 Å². The predicted octanol–water partition coefficient (Wildman–Crippen LogP) is 1.33. The van der Waals surface area contributed by atoms with Crippen LogP contribution in [-0.2, 0) is 6.61 Å². The third kappa shape index (κ3) is 2.84. The molecule has 1 atom stereocenters. The zero-order valence-corrected chi connectivity index (χ0v) is 12.5. The van der Waals surface area contributed by atoms with Crippen molar-refractivity contribution in [2.45, 2.75) is 44.9 Å². The predicted molar refractivity (Wildman–Crippen MR) is 82.3 cm³/mol. The summed E-state index contributed by atoms with van der Waals surface area (Å²) in [5.41, 5.74) is 2.04. The van der Waals surface area contributed by atoms with Crippen molar-refractivity contribution in [3.05, 3.63) is 29.6 Å². The Hall–Kier alpha value is -1.92. The summed E-state index contributed by atoms with van der Waals surface area (Å²) in [5, 5.41) is 21.6. The normalized spacial score (nSPS) is 22.3. The maximum absolute atomic E-state index is 12.4. The molecule has 2 aromatic rings. The van der Waals surface area contributed by atoms with Crippen LogP contribution in [0.2, 0.25) is 0 Å². The molecule has 118 valence electrons. The number of imidazole rings is 1. The molecule has 1 saturated carbocycles. The first kappa shape index (κ1) is 15.0. The number of nitrogens with zero attached hydrogens (tertiary/aromatic N) is 1. The van der Waals surface area contributed by atoms with Crippen molar-refractivity contribution in [1.29, 1.82) is 0 Å². The fourth-order valence-electron chi connectivity index (χ4n) is 3.04. The highest BCUT2D eigenvalue weighted by Gasteiger charge is 2.33. The molecule has 6 heteroatoms. The topological polar surface area (TPSA) is 98.2 Å². The zero-order valence-electron chi connectivity index (χ0n) is 12.5. The van der Waals surface area contributed by atoms with Gasteiger partial charge in [-0.1, -0.05) is 6.92 Å². The highest BCUT2D eigenvalue weighted by molar-refractivity contribution is 5.97. The smallest absolute Gasteiger partial charge is 0.251 e. The van der Waals surface area contributed by atoms with Crippen LogP contribution in [0, 0.1) is 5.92 Å². The molecule has 1 amide bonds. The largest absolute Gasteiger partial charge is 0.393 e. The van der Waals surface area contributed by atoms with E-state index in [1.165, 1.54) is 0 Å². The van der Waals surface area contributed by atoms with Crippen LogP contribution in [0.5, 0.6) is 0 Å². The number of H-pyrrole nitrogens is 1. The van der Waals surface area contributed by atoms with E-state index in [2.05, 4.69) is 15.3 Å². The van der Waals surface area contributed by atoms with Crippen LogP contribution in [0.15, 0.2) is 18.2 Å². The van der Waals surface area contributed by atoms with Crippen LogP contribution in [0.1, 0.15) is 42.4 Å². The summed E-state index contributed by atoms with van der Waals surface area (Å²) in [6.07, 6.45) is 2.16. The first-order chi connectivity index (χ1) is 10.6. The number of aliphatic hydroxyl groups excluding tert-OH is 2. The zero-order chi connectivity index (χ0) is 15.7. The van der Waals surface area contributed by atoms with E-state index in [0.29, 0.717) is 17.3 Å². The van der Waals surface area contributed by atoms with Gasteiger partial charge in [-0.05, 0) is 43.4 Å². The van der Waals surface area contributed by atoms with Gasteiger partial charge in [0, 0.05) is 11.6 Å². The number of aliphatic hydroxyl groups is 2. The number of fused-ring (bicyclic) bond motifs is 1. The number of rotatable bonds is 5. The van der Waals surface area contributed by atoms with Crippen LogP contribution in [-0.4, -0.2) is 38.2 Å². The Bertz CT molecular complexity index is 676. The molecule has 6 nitrogen and oxygen atoms in total. The number of nitrogens with one attached hydrogen (secondary N) is 2. The summed E-state index contributed by atoms with van der Waals surface area (Å²) in [7, 11) is 0. The lowest BCUT2D eigenvalue weighted by atomic mass is 9.76. The lowest BCUT2D eigenvalue weighted by Crippen LogP contribution is -2.46. The van der Waals surface area contributed by atoms with Crippen molar-refractivity contribution in [2.24, 2.45) is 5.92 Å². The second kappa shape index (κ2) is 6.06. The quantitative estimate of drug-likeness (QED) is 0.670. The second-order valence-corrected chi connectivity index (χ2v) is 5.95. The number of carbonyl (C=O) groups excluding carboxylic acids is 1. The SMILES string of the molecule is CC[C@H](NC(=O)c1ccc2nc(CO)[nH]c2c1)C1CC(O)C1. The van der Waals surface area contributed by atoms with Crippen LogP contribution >= 0.6 is 0 Å². The van der Waals surface area contributed by atoms with Crippen LogP contribution in [0.3, 0.4) is 0 Å². The highest BCUT2D eigenvalue weighted by Crippen LogP contribution is 2.31. The van der Waals surface area contributed by atoms with Crippen molar-refractivity contribution in [2.75, 3.05) is 0 Å². The summed E-state index contributed by atoms with van der Waals surface area (Å²) in [4.78, 5) is 19.6. The van der Waals surface area contributed by atoms with E-state index in [9.17, 15) is 9.90 Å². The molecule has 0 radical (unpaired) electrons. The van der Waals surface area contributed by atoms with Gasteiger partial charge in [0.05, 0.1) is 17.1 Å². The van der Waals surface area contributed by atoms with Gasteiger partial charge in [-0.3, -0.25) is 4.79 Å². The molecule has 0 saturated heterocycles. The number of aromatic nitrogens is 2. The number of carbonyl (C=O) groups is 1. The summed E-state index contributed by atoms with van der Waals surface area (Å²) >= 11 is 0. The fraction of sp³-hybridized carbons (Fsp3) is 0.500. The van der Waals surface area contributed by atoms with Crippen LogP contribution in [0.4, 0.5) is 0 Å².